The van der Waals surface area contributed by atoms with Crippen molar-refractivity contribution in [2.45, 2.75) is 58.3 Å². The predicted octanol–water partition coefficient (Wildman–Crippen LogP) is 0.332. The van der Waals surface area contributed by atoms with Crippen molar-refractivity contribution >= 4 is 11.9 Å². The van der Waals surface area contributed by atoms with Crippen molar-refractivity contribution in [1.82, 2.24) is 0 Å². The van der Waals surface area contributed by atoms with E-state index in [0.717, 1.165) is 0 Å². The lowest BCUT2D eigenvalue weighted by Crippen LogP contribution is -2.54. The molecule has 0 N–H and O–H groups in total. The zero-order valence-corrected chi connectivity index (χ0v) is 12.5. The summed E-state index contributed by atoms with van der Waals surface area (Å²) in [6.07, 6.45) is -3.05. The molecule has 5 atom stereocenters. The summed E-state index contributed by atoms with van der Waals surface area (Å²) in [6.45, 7) is 6.36. The van der Waals surface area contributed by atoms with E-state index in [2.05, 4.69) is 0 Å². The van der Waals surface area contributed by atoms with Gasteiger partial charge in [0.2, 0.25) is 0 Å². The largest absolute Gasteiger partial charge is 0.456 e. The minimum atomic E-state index is -1.28. The average molecular weight is 304 g/mol. The fraction of sp³-hybridized carbons (Fsp3) is 0.846. The summed E-state index contributed by atoms with van der Waals surface area (Å²) in [6, 6.07) is 0. The molecular formula is C13H20O8. The van der Waals surface area contributed by atoms with Crippen molar-refractivity contribution in [1.29, 1.82) is 0 Å². The number of rotatable bonds is 4. The highest BCUT2D eigenvalue weighted by Crippen LogP contribution is 2.37. The van der Waals surface area contributed by atoms with Crippen LogP contribution in [0.5, 0.6) is 0 Å². The molecule has 2 fully saturated rings. The Hall–Kier alpha value is -1.22. The molecule has 0 aliphatic carbocycles. The second kappa shape index (κ2) is 6.27. The number of carbonyl (C=O) groups excluding carboxylic acids is 2. The summed E-state index contributed by atoms with van der Waals surface area (Å²) in [7, 11) is 0. The quantitative estimate of drug-likeness (QED) is 0.687. The number of ether oxygens (including phenoxy) is 6. The van der Waals surface area contributed by atoms with Gasteiger partial charge in [0, 0.05) is 27.4 Å². The van der Waals surface area contributed by atoms with Crippen LogP contribution in [0.2, 0.25) is 0 Å². The Morgan fingerprint density at radius 3 is 2.43 bits per heavy atom. The van der Waals surface area contributed by atoms with E-state index in [1.54, 1.807) is 13.8 Å². The lowest BCUT2D eigenvalue weighted by Gasteiger charge is -2.35. The van der Waals surface area contributed by atoms with Crippen molar-refractivity contribution in [3.05, 3.63) is 0 Å². The summed E-state index contributed by atoms with van der Waals surface area (Å²) in [5.41, 5.74) is 0. The van der Waals surface area contributed by atoms with Crippen molar-refractivity contribution in [2.24, 2.45) is 0 Å². The van der Waals surface area contributed by atoms with Gasteiger partial charge in [0.1, 0.15) is 0 Å². The predicted molar refractivity (Wildman–Crippen MR) is 66.8 cm³/mol. The lowest BCUT2D eigenvalue weighted by molar-refractivity contribution is -0.340. The standard InChI is InChI=1S/C13H20O8/c1-5-17-13(4)20-11-10(19-8(3)15)9(18-7(2)14)6-16-12(11)21-13/h9-12H,5-6H2,1-4H3/t9-,10-,11+,12+,13?/m0/s1. The molecule has 2 saturated heterocycles. The van der Waals surface area contributed by atoms with Gasteiger partial charge in [0.15, 0.2) is 24.6 Å². The fourth-order valence-corrected chi connectivity index (χ4v) is 2.43. The minimum Gasteiger partial charge on any atom is -0.456 e. The van der Waals surface area contributed by atoms with Crippen LogP contribution in [0.25, 0.3) is 0 Å². The molecule has 2 aliphatic heterocycles. The average Bonchev–Trinajstić information content (AvgIpc) is 2.68. The van der Waals surface area contributed by atoms with Gasteiger partial charge in [0.25, 0.3) is 5.97 Å². The molecule has 120 valence electrons. The summed E-state index contributed by atoms with van der Waals surface area (Å²) >= 11 is 0. The van der Waals surface area contributed by atoms with Gasteiger partial charge in [-0.3, -0.25) is 14.3 Å². The smallest absolute Gasteiger partial charge is 0.303 e. The third kappa shape index (κ3) is 3.70. The fourth-order valence-electron chi connectivity index (χ4n) is 2.43. The van der Waals surface area contributed by atoms with E-state index >= 15 is 0 Å². The zero-order chi connectivity index (χ0) is 15.6. The van der Waals surface area contributed by atoms with E-state index < -0.39 is 42.5 Å². The van der Waals surface area contributed by atoms with Crippen LogP contribution in [-0.4, -0.2) is 55.7 Å². The molecule has 0 radical (unpaired) electrons. The van der Waals surface area contributed by atoms with E-state index in [4.69, 9.17) is 28.4 Å². The normalized spacial score (nSPS) is 38.7. The summed E-state index contributed by atoms with van der Waals surface area (Å²) in [5.74, 6) is -2.29. The van der Waals surface area contributed by atoms with Crippen LogP contribution in [0.15, 0.2) is 0 Å². The molecule has 0 amide bonds. The van der Waals surface area contributed by atoms with Gasteiger partial charge < -0.3 is 23.7 Å². The summed E-state index contributed by atoms with van der Waals surface area (Å²) < 4.78 is 32.4. The molecule has 2 rings (SSSR count). The molecule has 0 aromatic carbocycles. The molecule has 0 bridgehead atoms. The van der Waals surface area contributed by atoms with E-state index in [1.165, 1.54) is 13.8 Å². The Labute approximate surface area is 122 Å². The SMILES string of the molecule is CCOC1(C)O[C@H]2OC[C@H](OC(C)=O)[C@H](OC(C)=O)[C@H]2O1. The third-order valence-corrected chi connectivity index (χ3v) is 3.09. The van der Waals surface area contributed by atoms with Crippen molar-refractivity contribution in [2.75, 3.05) is 13.2 Å². The number of esters is 2. The lowest BCUT2D eigenvalue weighted by atomic mass is 10.1. The first-order valence-electron chi connectivity index (χ1n) is 6.80. The third-order valence-electron chi connectivity index (χ3n) is 3.09. The number of hydrogen-bond acceptors (Lipinski definition) is 8. The van der Waals surface area contributed by atoms with Crippen molar-refractivity contribution in [3.8, 4) is 0 Å². The Bertz CT molecular complexity index is 411. The minimum absolute atomic E-state index is 0.0459. The number of fused-ring (bicyclic) bond motifs is 1. The Morgan fingerprint density at radius 1 is 1.19 bits per heavy atom. The molecule has 2 heterocycles. The van der Waals surface area contributed by atoms with Crippen LogP contribution in [-0.2, 0) is 38.0 Å². The van der Waals surface area contributed by atoms with Gasteiger partial charge in [-0.1, -0.05) is 0 Å². The highest BCUT2D eigenvalue weighted by Gasteiger charge is 2.56. The van der Waals surface area contributed by atoms with Crippen LogP contribution >= 0.6 is 0 Å². The zero-order valence-electron chi connectivity index (χ0n) is 12.5. The van der Waals surface area contributed by atoms with Crippen molar-refractivity contribution < 1.29 is 38.0 Å². The molecule has 21 heavy (non-hydrogen) atoms. The summed E-state index contributed by atoms with van der Waals surface area (Å²) in [5, 5.41) is 0. The molecule has 0 aromatic rings. The van der Waals surface area contributed by atoms with E-state index in [0.29, 0.717) is 6.61 Å². The van der Waals surface area contributed by atoms with Crippen LogP contribution in [0.4, 0.5) is 0 Å². The molecule has 0 aromatic heterocycles. The van der Waals surface area contributed by atoms with Gasteiger partial charge >= 0.3 is 11.9 Å². The molecule has 8 heteroatoms. The van der Waals surface area contributed by atoms with Gasteiger partial charge in [-0.2, -0.15) is 0 Å². The number of carbonyl (C=O) groups is 2. The molecule has 1 unspecified atom stereocenters. The maximum Gasteiger partial charge on any atom is 0.303 e. The first-order valence-corrected chi connectivity index (χ1v) is 6.80. The molecule has 2 aliphatic rings. The van der Waals surface area contributed by atoms with E-state index in [1.807, 2.05) is 0 Å². The van der Waals surface area contributed by atoms with E-state index in [9.17, 15) is 9.59 Å². The van der Waals surface area contributed by atoms with Crippen LogP contribution < -0.4 is 0 Å². The first kappa shape index (κ1) is 16.2. The van der Waals surface area contributed by atoms with Crippen LogP contribution in [0, 0.1) is 0 Å². The molecule has 0 saturated carbocycles. The molecular weight excluding hydrogens is 284 g/mol. The Balaban J connectivity index is 2.15. The van der Waals surface area contributed by atoms with Crippen LogP contribution in [0.1, 0.15) is 27.7 Å². The van der Waals surface area contributed by atoms with Gasteiger partial charge in [-0.05, 0) is 6.92 Å². The maximum atomic E-state index is 11.3. The van der Waals surface area contributed by atoms with Crippen LogP contribution in [0.3, 0.4) is 0 Å². The maximum absolute atomic E-state index is 11.3. The van der Waals surface area contributed by atoms with Gasteiger partial charge in [-0.25, -0.2) is 0 Å². The second-order valence-electron chi connectivity index (χ2n) is 4.92. The highest BCUT2D eigenvalue weighted by molar-refractivity contribution is 5.67. The van der Waals surface area contributed by atoms with Gasteiger partial charge in [0.05, 0.1) is 6.61 Å². The van der Waals surface area contributed by atoms with Crippen molar-refractivity contribution in [3.63, 3.8) is 0 Å². The molecule has 8 nitrogen and oxygen atoms in total. The monoisotopic (exact) mass is 304 g/mol. The van der Waals surface area contributed by atoms with E-state index in [-0.39, 0.29) is 6.61 Å². The summed E-state index contributed by atoms with van der Waals surface area (Å²) in [4.78, 5) is 22.4. The second-order valence-corrected chi connectivity index (χ2v) is 4.92. The molecule has 0 spiro atoms. The highest BCUT2D eigenvalue weighted by atomic mass is 16.9. The first-order chi connectivity index (χ1) is 9.84. The topological polar surface area (TPSA) is 89.5 Å². The van der Waals surface area contributed by atoms with Gasteiger partial charge in [-0.15, -0.1) is 0 Å². The Kier molecular flexibility index (Phi) is 4.82. The number of hydrogen-bond donors (Lipinski definition) is 0. The Morgan fingerprint density at radius 2 is 1.86 bits per heavy atom.